The smallest absolute Gasteiger partial charge is 0.305 e. The number of methoxy groups -OCH3 is 1. The van der Waals surface area contributed by atoms with Crippen molar-refractivity contribution in [2.75, 3.05) is 13.4 Å². The second-order valence-electron chi connectivity index (χ2n) is 8.60. The Bertz CT molecular complexity index is 715. The van der Waals surface area contributed by atoms with E-state index in [0.717, 1.165) is 31.9 Å². The summed E-state index contributed by atoms with van der Waals surface area (Å²) in [5.74, 6) is 0.0250. The van der Waals surface area contributed by atoms with Crippen LogP contribution in [0.2, 0.25) is 0 Å². The molecule has 2 fully saturated rings. The molecule has 1 N–H and O–H groups in total. The lowest BCUT2D eigenvalue weighted by molar-refractivity contribution is -0.140. The van der Waals surface area contributed by atoms with Crippen molar-refractivity contribution in [2.45, 2.75) is 76.9 Å². The molecule has 7 nitrogen and oxygen atoms in total. The Morgan fingerprint density at radius 1 is 1.27 bits per heavy atom. The van der Waals surface area contributed by atoms with E-state index in [-0.39, 0.29) is 35.4 Å². The first kappa shape index (κ1) is 25.0. The first-order valence-corrected chi connectivity index (χ1v) is 12.8. The SMILES string of the molecule is CCCCCC(OS(C)(=O)=O)C(O)C1C2CC(=O)C(CC=CCCCC(=O)OC)C21. The van der Waals surface area contributed by atoms with Gasteiger partial charge in [-0.1, -0.05) is 38.3 Å². The third kappa shape index (κ3) is 7.17. The van der Waals surface area contributed by atoms with E-state index < -0.39 is 22.3 Å². The van der Waals surface area contributed by atoms with Gasteiger partial charge in [-0.25, -0.2) is 0 Å². The van der Waals surface area contributed by atoms with Gasteiger partial charge in [-0.15, -0.1) is 0 Å². The fourth-order valence-electron chi connectivity index (χ4n) is 4.81. The molecule has 2 aliphatic carbocycles. The lowest BCUT2D eigenvalue weighted by atomic mass is 9.90. The van der Waals surface area contributed by atoms with Crippen LogP contribution in [0.25, 0.3) is 0 Å². The van der Waals surface area contributed by atoms with E-state index in [1.54, 1.807) is 0 Å². The molecule has 6 unspecified atom stereocenters. The van der Waals surface area contributed by atoms with Gasteiger partial charge < -0.3 is 9.84 Å². The van der Waals surface area contributed by atoms with E-state index in [1.807, 2.05) is 12.2 Å². The molecule has 0 amide bonds. The highest BCUT2D eigenvalue weighted by Gasteiger charge is 2.64. The average Bonchev–Trinajstić information content (AvgIpc) is 3.27. The summed E-state index contributed by atoms with van der Waals surface area (Å²) >= 11 is 0. The van der Waals surface area contributed by atoms with Crippen molar-refractivity contribution in [3.8, 4) is 0 Å². The summed E-state index contributed by atoms with van der Waals surface area (Å²) in [6.45, 7) is 2.06. The minimum Gasteiger partial charge on any atom is -0.469 e. The molecule has 0 aromatic rings. The second kappa shape index (κ2) is 11.4. The number of aliphatic hydroxyl groups excluding tert-OH is 1. The quantitative estimate of drug-likeness (QED) is 0.190. The highest BCUT2D eigenvalue weighted by Crippen LogP contribution is 2.62. The van der Waals surface area contributed by atoms with Crippen LogP contribution in [0.4, 0.5) is 0 Å². The number of allylic oxidation sites excluding steroid dienone is 2. The van der Waals surface area contributed by atoms with E-state index in [4.69, 9.17) is 4.18 Å². The van der Waals surface area contributed by atoms with Crippen molar-refractivity contribution in [3.05, 3.63) is 12.2 Å². The van der Waals surface area contributed by atoms with E-state index in [0.29, 0.717) is 32.1 Å². The molecule has 8 heteroatoms. The number of carbonyl (C=O) groups is 2. The van der Waals surface area contributed by atoms with Crippen LogP contribution >= 0.6 is 0 Å². The summed E-state index contributed by atoms with van der Waals surface area (Å²) < 4.78 is 33.1. The average molecular weight is 445 g/mol. The number of hydrogen-bond acceptors (Lipinski definition) is 7. The Balaban J connectivity index is 1.88. The van der Waals surface area contributed by atoms with Gasteiger partial charge in [0.1, 0.15) is 11.9 Å². The molecule has 2 saturated carbocycles. The predicted octanol–water partition coefficient (Wildman–Crippen LogP) is 3.01. The molecule has 2 aliphatic rings. The zero-order chi connectivity index (χ0) is 22.3. The Morgan fingerprint density at radius 3 is 2.63 bits per heavy atom. The van der Waals surface area contributed by atoms with Crippen LogP contribution in [-0.2, 0) is 28.6 Å². The van der Waals surface area contributed by atoms with E-state index in [1.165, 1.54) is 7.11 Å². The number of rotatable bonds is 14. The summed E-state index contributed by atoms with van der Waals surface area (Å²) in [6, 6.07) is 0. The number of ether oxygens (including phenoxy) is 1. The summed E-state index contributed by atoms with van der Waals surface area (Å²) in [5.41, 5.74) is 0. The molecule has 0 saturated heterocycles. The highest BCUT2D eigenvalue weighted by molar-refractivity contribution is 7.86. The molecule has 0 bridgehead atoms. The summed E-state index contributed by atoms with van der Waals surface area (Å²) in [6.07, 6.45) is 9.51. The predicted molar refractivity (Wildman–Crippen MR) is 113 cm³/mol. The van der Waals surface area contributed by atoms with Gasteiger partial charge in [0, 0.05) is 18.8 Å². The summed E-state index contributed by atoms with van der Waals surface area (Å²) in [7, 11) is -2.29. The number of hydrogen-bond donors (Lipinski definition) is 1. The minimum absolute atomic E-state index is 0.0752. The van der Waals surface area contributed by atoms with Gasteiger partial charge >= 0.3 is 5.97 Å². The Kier molecular flexibility index (Phi) is 9.50. The third-order valence-electron chi connectivity index (χ3n) is 6.31. The van der Waals surface area contributed by atoms with Gasteiger partial charge in [0.25, 0.3) is 10.1 Å². The van der Waals surface area contributed by atoms with Gasteiger partial charge in [-0.3, -0.25) is 13.8 Å². The standard InChI is InChI=1S/C22H36O7S/c1-4-5-8-12-18(29-30(3,26)27)22(25)21-16-14-17(23)15(20(16)21)11-9-6-7-10-13-19(24)28-2/h6,9,15-16,18,20-22,25H,4-5,7-8,10-14H2,1-3H3. The Morgan fingerprint density at radius 2 is 2.00 bits per heavy atom. The molecule has 0 aromatic heterocycles. The third-order valence-corrected chi connectivity index (χ3v) is 6.91. The molecule has 2 rings (SSSR count). The van der Waals surface area contributed by atoms with Gasteiger partial charge in [-0.05, 0) is 43.4 Å². The maximum atomic E-state index is 12.3. The molecular formula is C22H36O7S. The molecule has 6 atom stereocenters. The first-order chi connectivity index (χ1) is 14.2. The van der Waals surface area contributed by atoms with Crippen molar-refractivity contribution in [3.63, 3.8) is 0 Å². The summed E-state index contributed by atoms with van der Waals surface area (Å²) in [5, 5.41) is 10.9. The van der Waals surface area contributed by atoms with Crippen molar-refractivity contribution in [1.82, 2.24) is 0 Å². The first-order valence-electron chi connectivity index (χ1n) is 11.0. The fraction of sp³-hybridized carbons (Fsp3) is 0.818. The Hall–Kier alpha value is -1.25. The zero-order valence-corrected chi connectivity index (χ0v) is 19.1. The van der Waals surface area contributed by atoms with Crippen molar-refractivity contribution in [1.29, 1.82) is 0 Å². The van der Waals surface area contributed by atoms with Crippen LogP contribution in [0.15, 0.2) is 12.2 Å². The van der Waals surface area contributed by atoms with Crippen LogP contribution in [0.1, 0.15) is 64.7 Å². The lowest BCUT2D eigenvalue weighted by Crippen LogP contribution is -2.35. The summed E-state index contributed by atoms with van der Waals surface area (Å²) in [4.78, 5) is 23.4. The van der Waals surface area contributed by atoms with Crippen LogP contribution in [-0.4, -0.2) is 50.9 Å². The molecule has 0 aliphatic heterocycles. The number of carbonyl (C=O) groups excluding carboxylic acids is 2. The molecule has 0 radical (unpaired) electrons. The molecule has 30 heavy (non-hydrogen) atoms. The lowest BCUT2D eigenvalue weighted by Gasteiger charge is -2.24. The van der Waals surface area contributed by atoms with E-state index >= 15 is 0 Å². The number of esters is 1. The van der Waals surface area contributed by atoms with Gasteiger partial charge in [-0.2, -0.15) is 8.42 Å². The van der Waals surface area contributed by atoms with Crippen LogP contribution in [0, 0.1) is 23.7 Å². The fourth-order valence-corrected chi connectivity index (χ4v) is 5.46. The minimum atomic E-state index is -3.66. The number of unbranched alkanes of at least 4 members (excludes halogenated alkanes) is 3. The monoisotopic (exact) mass is 444 g/mol. The number of Topliss-reactive ketones (excluding diaryl/α,β-unsaturated/α-hetero) is 1. The zero-order valence-electron chi connectivity index (χ0n) is 18.3. The molecular weight excluding hydrogens is 408 g/mol. The molecule has 0 aromatic carbocycles. The molecule has 172 valence electrons. The van der Waals surface area contributed by atoms with E-state index in [2.05, 4.69) is 11.7 Å². The molecule has 0 spiro atoms. The normalized spacial score (nSPS) is 27.8. The van der Waals surface area contributed by atoms with Crippen LogP contribution < -0.4 is 0 Å². The number of ketones is 1. The van der Waals surface area contributed by atoms with Gasteiger partial charge in [0.15, 0.2) is 0 Å². The van der Waals surface area contributed by atoms with E-state index in [9.17, 15) is 23.1 Å². The van der Waals surface area contributed by atoms with Crippen molar-refractivity contribution in [2.24, 2.45) is 23.7 Å². The topological polar surface area (TPSA) is 107 Å². The molecule has 0 heterocycles. The van der Waals surface area contributed by atoms with Gasteiger partial charge in [0.2, 0.25) is 0 Å². The highest BCUT2D eigenvalue weighted by atomic mass is 32.2. The van der Waals surface area contributed by atoms with Crippen molar-refractivity contribution < 1.29 is 32.0 Å². The van der Waals surface area contributed by atoms with Crippen LogP contribution in [0.5, 0.6) is 0 Å². The number of aliphatic hydroxyl groups is 1. The van der Waals surface area contributed by atoms with Crippen LogP contribution in [0.3, 0.4) is 0 Å². The second-order valence-corrected chi connectivity index (χ2v) is 10.2. The largest absolute Gasteiger partial charge is 0.469 e. The van der Waals surface area contributed by atoms with Gasteiger partial charge in [0.05, 0.1) is 19.5 Å². The maximum absolute atomic E-state index is 12.3. The maximum Gasteiger partial charge on any atom is 0.305 e. The van der Waals surface area contributed by atoms with Crippen molar-refractivity contribution >= 4 is 21.9 Å². The Labute approximate surface area is 180 Å². The number of fused-ring (bicyclic) bond motifs is 1.